The van der Waals surface area contributed by atoms with Gasteiger partial charge in [0, 0.05) is 19.7 Å². The lowest BCUT2D eigenvalue weighted by Crippen LogP contribution is -2.38. The van der Waals surface area contributed by atoms with Gasteiger partial charge in [0.15, 0.2) is 0 Å². The molecule has 74 valence electrons. The van der Waals surface area contributed by atoms with Crippen LogP contribution in [0.3, 0.4) is 0 Å². The molecule has 0 spiro atoms. The number of alkyl halides is 1. The lowest BCUT2D eigenvalue weighted by molar-refractivity contribution is 0.0216. The molecule has 1 aromatic rings. The van der Waals surface area contributed by atoms with Crippen LogP contribution in [0.5, 0.6) is 0 Å². The number of hydrogen-bond donors (Lipinski definition) is 0. The number of benzene rings is 1. The van der Waals surface area contributed by atoms with E-state index in [0.717, 1.165) is 11.1 Å². The molecule has 1 amide bonds. The number of fused-ring (bicyclic) bond motifs is 1. The second kappa shape index (κ2) is 3.37. The van der Waals surface area contributed by atoms with Crippen LogP contribution in [-0.2, 0) is 0 Å². The standard InChI is InChI=1S/C10H11BrN2O/c1-12(2)13-9(11)7-5-3-4-6-8(7)10(13)14/h3-6,9H,1-2H3. The Bertz CT molecular complexity index is 378. The van der Waals surface area contributed by atoms with Gasteiger partial charge in [0.25, 0.3) is 5.91 Å². The van der Waals surface area contributed by atoms with E-state index in [1.807, 2.05) is 38.4 Å². The predicted octanol–water partition coefficient (Wildman–Crippen LogP) is 2.01. The van der Waals surface area contributed by atoms with E-state index in [-0.39, 0.29) is 10.9 Å². The fourth-order valence-electron chi connectivity index (χ4n) is 1.64. The van der Waals surface area contributed by atoms with Crippen molar-refractivity contribution in [3.05, 3.63) is 35.4 Å². The topological polar surface area (TPSA) is 23.6 Å². The molecular formula is C10H11BrN2O. The van der Waals surface area contributed by atoms with E-state index in [0.29, 0.717) is 0 Å². The zero-order chi connectivity index (χ0) is 10.3. The molecule has 1 aliphatic heterocycles. The molecule has 3 nitrogen and oxygen atoms in total. The Kier molecular flexibility index (Phi) is 2.33. The summed E-state index contributed by atoms with van der Waals surface area (Å²) in [5, 5.41) is 3.48. The van der Waals surface area contributed by atoms with Crippen LogP contribution < -0.4 is 0 Å². The second-order valence-electron chi connectivity index (χ2n) is 3.42. The van der Waals surface area contributed by atoms with E-state index in [1.165, 1.54) is 0 Å². The Balaban J connectivity index is 2.48. The van der Waals surface area contributed by atoms with Gasteiger partial charge in [-0.05, 0) is 11.6 Å². The Morgan fingerprint density at radius 3 is 2.57 bits per heavy atom. The third-order valence-corrected chi connectivity index (χ3v) is 3.18. The van der Waals surface area contributed by atoms with Crippen molar-refractivity contribution in [3.63, 3.8) is 0 Å². The van der Waals surface area contributed by atoms with Gasteiger partial charge in [0.1, 0.15) is 4.95 Å². The molecule has 1 heterocycles. The summed E-state index contributed by atoms with van der Waals surface area (Å²) in [6.07, 6.45) is 0. The van der Waals surface area contributed by atoms with Gasteiger partial charge in [-0.3, -0.25) is 9.80 Å². The third kappa shape index (κ3) is 1.26. The predicted molar refractivity (Wildman–Crippen MR) is 58.0 cm³/mol. The minimum absolute atomic E-state index is 0.0406. The molecule has 14 heavy (non-hydrogen) atoms. The number of halogens is 1. The molecule has 0 aliphatic carbocycles. The monoisotopic (exact) mass is 254 g/mol. The highest BCUT2D eigenvalue weighted by Gasteiger charge is 2.35. The summed E-state index contributed by atoms with van der Waals surface area (Å²) in [5.41, 5.74) is 1.81. The number of rotatable bonds is 1. The highest BCUT2D eigenvalue weighted by molar-refractivity contribution is 9.09. The maximum atomic E-state index is 11.9. The van der Waals surface area contributed by atoms with E-state index in [2.05, 4.69) is 15.9 Å². The maximum absolute atomic E-state index is 11.9. The van der Waals surface area contributed by atoms with Crippen molar-refractivity contribution in [2.45, 2.75) is 4.95 Å². The third-order valence-electron chi connectivity index (χ3n) is 2.30. The van der Waals surface area contributed by atoms with E-state index in [1.54, 1.807) is 10.0 Å². The number of hydrogen-bond acceptors (Lipinski definition) is 2. The van der Waals surface area contributed by atoms with Gasteiger partial charge >= 0.3 is 0 Å². The second-order valence-corrected chi connectivity index (χ2v) is 4.29. The highest BCUT2D eigenvalue weighted by Crippen LogP contribution is 2.37. The van der Waals surface area contributed by atoms with Crippen LogP contribution in [0, 0.1) is 0 Å². The molecule has 0 fully saturated rings. The minimum Gasteiger partial charge on any atom is -0.268 e. The quantitative estimate of drug-likeness (QED) is 0.566. The molecule has 4 heteroatoms. The van der Waals surface area contributed by atoms with Gasteiger partial charge in [0.2, 0.25) is 0 Å². The Morgan fingerprint density at radius 2 is 2.00 bits per heavy atom. The number of amides is 1. The molecule has 1 aromatic carbocycles. The first kappa shape index (κ1) is 9.68. The van der Waals surface area contributed by atoms with Gasteiger partial charge in [0.05, 0.1) is 0 Å². The molecule has 2 rings (SSSR count). The number of hydrazine groups is 1. The van der Waals surface area contributed by atoms with E-state index >= 15 is 0 Å². The van der Waals surface area contributed by atoms with Crippen LogP contribution in [0.15, 0.2) is 24.3 Å². The summed E-state index contributed by atoms with van der Waals surface area (Å²) < 4.78 is 0. The smallest absolute Gasteiger partial charge is 0.268 e. The average Bonchev–Trinajstić information content (AvgIpc) is 2.41. The van der Waals surface area contributed by atoms with E-state index in [4.69, 9.17) is 0 Å². The molecule has 1 atom stereocenters. The van der Waals surface area contributed by atoms with Crippen LogP contribution in [0.1, 0.15) is 20.9 Å². The Hall–Kier alpha value is -0.870. The van der Waals surface area contributed by atoms with Crippen molar-refractivity contribution in [1.29, 1.82) is 0 Å². The first-order chi connectivity index (χ1) is 6.63. The van der Waals surface area contributed by atoms with Crippen LogP contribution in [-0.4, -0.2) is 30.0 Å². The molecule has 0 bridgehead atoms. The normalized spacial score (nSPS) is 20.4. The number of carbonyl (C=O) groups is 1. The van der Waals surface area contributed by atoms with E-state index < -0.39 is 0 Å². The summed E-state index contributed by atoms with van der Waals surface area (Å²) in [6.45, 7) is 0. The zero-order valence-electron chi connectivity index (χ0n) is 8.07. The highest BCUT2D eigenvalue weighted by atomic mass is 79.9. The number of carbonyl (C=O) groups excluding carboxylic acids is 1. The van der Waals surface area contributed by atoms with Crippen molar-refractivity contribution in [2.24, 2.45) is 0 Å². The lowest BCUT2D eigenvalue weighted by Gasteiger charge is -2.27. The molecule has 0 N–H and O–H groups in total. The summed E-state index contributed by atoms with van der Waals surface area (Å²) in [7, 11) is 3.72. The minimum atomic E-state index is -0.0406. The van der Waals surface area contributed by atoms with Gasteiger partial charge < -0.3 is 0 Å². The molecule has 0 aromatic heterocycles. The molecule has 0 saturated heterocycles. The Labute approximate surface area is 91.4 Å². The average molecular weight is 255 g/mol. The van der Waals surface area contributed by atoms with Crippen molar-refractivity contribution >= 4 is 21.8 Å². The maximum Gasteiger partial charge on any atom is 0.269 e. The van der Waals surface area contributed by atoms with Crippen LogP contribution in [0.2, 0.25) is 0 Å². The van der Waals surface area contributed by atoms with E-state index in [9.17, 15) is 4.79 Å². The first-order valence-corrected chi connectivity index (χ1v) is 5.28. The molecule has 1 aliphatic rings. The van der Waals surface area contributed by atoms with Crippen molar-refractivity contribution < 1.29 is 4.79 Å². The summed E-state index contributed by atoms with van der Waals surface area (Å²) in [6, 6.07) is 7.65. The molecule has 0 radical (unpaired) electrons. The van der Waals surface area contributed by atoms with Gasteiger partial charge in [-0.2, -0.15) is 0 Å². The number of nitrogens with zero attached hydrogens (tertiary/aromatic N) is 2. The van der Waals surface area contributed by atoms with Crippen LogP contribution >= 0.6 is 15.9 Å². The fourth-order valence-corrected chi connectivity index (χ4v) is 2.59. The summed E-state index contributed by atoms with van der Waals surface area (Å²) >= 11 is 3.51. The van der Waals surface area contributed by atoms with Gasteiger partial charge in [-0.15, -0.1) is 0 Å². The lowest BCUT2D eigenvalue weighted by atomic mass is 10.1. The summed E-state index contributed by atoms with van der Waals surface area (Å²) in [4.78, 5) is 11.9. The van der Waals surface area contributed by atoms with Crippen molar-refractivity contribution in [1.82, 2.24) is 10.0 Å². The zero-order valence-corrected chi connectivity index (χ0v) is 9.65. The fraction of sp³-hybridized carbons (Fsp3) is 0.300. The summed E-state index contributed by atoms with van der Waals surface area (Å²) in [5.74, 6) is 0.0486. The SMILES string of the molecule is CN(C)N1C(=O)c2ccccc2C1Br. The largest absolute Gasteiger partial charge is 0.269 e. The molecule has 0 saturated carbocycles. The molecular weight excluding hydrogens is 244 g/mol. The van der Waals surface area contributed by atoms with Crippen molar-refractivity contribution in [3.8, 4) is 0 Å². The van der Waals surface area contributed by atoms with Crippen LogP contribution in [0.4, 0.5) is 0 Å². The first-order valence-electron chi connectivity index (χ1n) is 4.36. The van der Waals surface area contributed by atoms with Crippen molar-refractivity contribution in [2.75, 3.05) is 14.1 Å². The molecule has 1 unspecified atom stereocenters. The van der Waals surface area contributed by atoms with Gasteiger partial charge in [-0.25, -0.2) is 5.01 Å². The Morgan fingerprint density at radius 1 is 1.36 bits per heavy atom. The van der Waals surface area contributed by atoms with Crippen LogP contribution in [0.25, 0.3) is 0 Å². The van der Waals surface area contributed by atoms with Gasteiger partial charge in [-0.1, -0.05) is 34.1 Å².